The number of para-hydroxylation sites is 4. The lowest BCUT2D eigenvalue weighted by Crippen LogP contribution is -2.29. The maximum atomic E-state index is 13.0. The SMILES string of the molecule is COc1ccccc1C(=O)NC(C)c1nc2ccccc2n1CCCCOc1ccccc1C(C)C. The van der Waals surface area contributed by atoms with Crippen LogP contribution >= 0.6 is 0 Å². The topological polar surface area (TPSA) is 65.4 Å². The monoisotopic (exact) mass is 485 g/mol. The number of nitrogens with one attached hydrogen (secondary N) is 1. The predicted molar refractivity (Wildman–Crippen MR) is 144 cm³/mol. The van der Waals surface area contributed by atoms with Crippen molar-refractivity contribution < 1.29 is 14.3 Å². The number of imidazole rings is 1. The number of hydrogen-bond donors (Lipinski definition) is 1. The minimum Gasteiger partial charge on any atom is -0.496 e. The molecule has 6 heteroatoms. The first kappa shape index (κ1) is 25.3. The summed E-state index contributed by atoms with van der Waals surface area (Å²) in [6.45, 7) is 7.78. The van der Waals surface area contributed by atoms with Gasteiger partial charge in [0.2, 0.25) is 0 Å². The molecule has 0 bridgehead atoms. The lowest BCUT2D eigenvalue weighted by atomic mass is 10.0. The number of unbranched alkanes of at least 4 members (excludes halogenated alkanes) is 1. The van der Waals surface area contributed by atoms with E-state index in [0.717, 1.165) is 42.0 Å². The van der Waals surface area contributed by atoms with E-state index in [1.165, 1.54) is 5.56 Å². The van der Waals surface area contributed by atoms with Crippen molar-refractivity contribution in [1.82, 2.24) is 14.9 Å². The van der Waals surface area contributed by atoms with Crippen molar-refractivity contribution in [2.24, 2.45) is 0 Å². The molecule has 36 heavy (non-hydrogen) atoms. The smallest absolute Gasteiger partial charge is 0.255 e. The molecule has 4 rings (SSSR count). The number of fused-ring (bicyclic) bond motifs is 1. The summed E-state index contributed by atoms with van der Waals surface area (Å²) in [5.74, 6) is 2.60. The molecule has 0 saturated heterocycles. The van der Waals surface area contributed by atoms with E-state index in [-0.39, 0.29) is 11.9 Å². The second kappa shape index (κ2) is 11.8. The number of carbonyl (C=O) groups is 1. The van der Waals surface area contributed by atoms with Crippen molar-refractivity contribution in [3.63, 3.8) is 0 Å². The van der Waals surface area contributed by atoms with Gasteiger partial charge in [0, 0.05) is 6.54 Å². The first-order valence-electron chi connectivity index (χ1n) is 12.6. The van der Waals surface area contributed by atoms with E-state index in [1.54, 1.807) is 19.2 Å². The Bertz CT molecular complexity index is 1310. The first-order valence-corrected chi connectivity index (χ1v) is 12.6. The summed E-state index contributed by atoms with van der Waals surface area (Å²) < 4.78 is 13.7. The van der Waals surface area contributed by atoms with Crippen LogP contribution < -0.4 is 14.8 Å². The number of methoxy groups -OCH3 is 1. The van der Waals surface area contributed by atoms with E-state index in [4.69, 9.17) is 14.5 Å². The number of rotatable bonds is 11. The fourth-order valence-electron chi connectivity index (χ4n) is 4.47. The van der Waals surface area contributed by atoms with Gasteiger partial charge in [-0.15, -0.1) is 0 Å². The van der Waals surface area contributed by atoms with E-state index in [0.29, 0.717) is 23.8 Å². The van der Waals surface area contributed by atoms with Gasteiger partial charge in [-0.25, -0.2) is 4.98 Å². The fourth-order valence-corrected chi connectivity index (χ4v) is 4.47. The molecule has 4 aromatic rings. The van der Waals surface area contributed by atoms with Crippen LogP contribution in [0.15, 0.2) is 72.8 Å². The summed E-state index contributed by atoms with van der Waals surface area (Å²) >= 11 is 0. The Hall–Kier alpha value is -3.80. The van der Waals surface area contributed by atoms with Crippen LogP contribution in [0.3, 0.4) is 0 Å². The maximum Gasteiger partial charge on any atom is 0.255 e. The molecular weight excluding hydrogens is 450 g/mol. The van der Waals surface area contributed by atoms with E-state index < -0.39 is 0 Å². The standard InChI is InChI=1S/C30H35N3O3/c1-21(2)23-13-5-10-18-28(23)36-20-12-11-19-33-26-16-8-7-15-25(26)32-29(33)22(3)31-30(34)24-14-6-9-17-27(24)35-4/h5-10,13-18,21-22H,11-12,19-20H2,1-4H3,(H,31,34). The molecular formula is C30H35N3O3. The quantitative estimate of drug-likeness (QED) is 0.246. The van der Waals surface area contributed by atoms with E-state index >= 15 is 0 Å². The normalized spacial score (nSPS) is 12.0. The number of ether oxygens (including phenoxy) is 2. The average molecular weight is 486 g/mol. The third-order valence-electron chi connectivity index (χ3n) is 6.35. The number of benzene rings is 3. The van der Waals surface area contributed by atoms with Crippen molar-refractivity contribution in [2.75, 3.05) is 13.7 Å². The Morgan fingerprint density at radius 2 is 1.61 bits per heavy atom. The third kappa shape index (κ3) is 5.70. The Labute approximate surface area is 213 Å². The number of aryl methyl sites for hydroxylation is 1. The highest BCUT2D eigenvalue weighted by Gasteiger charge is 2.20. The van der Waals surface area contributed by atoms with Gasteiger partial charge in [0.1, 0.15) is 17.3 Å². The molecule has 1 amide bonds. The van der Waals surface area contributed by atoms with Gasteiger partial charge in [-0.2, -0.15) is 0 Å². The van der Waals surface area contributed by atoms with Crippen LogP contribution in [0.4, 0.5) is 0 Å². The van der Waals surface area contributed by atoms with Gasteiger partial charge in [-0.3, -0.25) is 4.79 Å². The van der Waals surface area contributed by atoms with Gasteiger partial charge in [0.15, 0.2) is 0 Å². The summed E-state index contributed by atoms with van der Waals surface area (Å²) in [4.78, 5) is 17.9. The van der Waals surface area contributed by atoms with E-state index in [1.807, 2.05) is 49.4 Å². The number of hydrogen-bond acceptors (Lipinski definition) is 4. The fraction of sp³-hybridized carbons (Fsp3) is 0.333. The van der Waals surface area contributed by atoms with Crippen LogP contribution in [0.25, 0.3) is 11.0 Å². The minimum absolute atomic E-state index is 0.184. The summed E-state index contributed by atoms with van der Waals surface area (Å²) in [5.41, 5.74) is 3.73. The Kier molecular flexibility index (Phi) is 8.26. The highest BCUT2D eigenvalue weighted by molar-refractivity contribution is 5.97. The van der Waals surface area contributed by atoms with E-state index in [9.17, 15) is 4.79 Å². The van der Waals surface area contributed by atoms with Gasteiger partial charge in [0.25, 0.3) is 5.91 Å². The summed E-state index contributed by atoms with van der Waals surface area (Å²) in [6, 6.07) is 23.3. The molecule has 1 atom stereocenters. The molecule has 1 N–H and O–H groups in total. The van der Waals surface area contributed by atoms with Crippen LogP contribution in [-0.2, 0) is 6.54 Å². The van der Waals surface area contributed by atoms with Gasteiger partial charge < -0.3 is 19.4 Å². The Morgan fingerprint density at radius 3 is 2.39 bits per heavy atom. The number of carbonyl (C=O) groups excluding carboxylic acids is 1. The molecule has 6 nitrogen and oxygen atoms in total. The molecule has 1 heterocycles. The summed E-state index contributed by atoms with van der Waals surface area (Å²) in [6.07, 6.45) is 1.85. The average Bonchev–Trinajstić information content (AvgIpc) is 3.27. The second-order valence-corrected chi connectivity index (χ2v) is 9.25. The summed E-state index contributed by atoms with van der Waals surface area (Å²) in [5, 5.41) is 3.10. The van der Waals surface area contributed by atoms with Crippen molar-refractivity contribution in [1.29, 1.82) is 0 Å². The highest BCUT2D eigenvalue weighted by Crippen LogP contribution is 2.27. The van der Waals surface area contributed by atoms with Crippen LogP contribution in [0.5, 0.6) is 11.5 Å². The molecule has 0 saturated carbocycles. The zero-order valence-corrected chi connectivity index (χ0v) is 21.5. The van der Waals surface area contributed by atoms with Crippen LogP contribution in [0.1, 0.15) is 67.3 Å². The Balaban J connectivity index is 1.44. The zero-order valence-electron chi connectivity index (χ0n) is 21.5. The van der Waals surface area contributed by atoms with Gasteiger partial charge in [-0.05, 0) is 61.6 Å². The zero-order chi connectivity index (χ0) is 25.5. The maximum absolute atomic E-state index is 13.0. The first-order chi connectivity index (χ1) is 17.5. The van der Waals surface area contributed by atoms with E-state index in [2.05, 4.69) is 41.9 Å². The molecule has 0 aliphatic heterocycles. The highest BCUT2D eigenvalue weighted by atomic mass is 16.5. The van der Waals surface area contributed by atoms with Crippen molar-refractivity contribution >= 4 is 16.9 Å². The molecule has 3 aromatic carbocycles. The van der Waals surface area contributed by atoms with Gasteiger partial charge in [-0.1, -0.05) is 56.3 Å². The van der Waals surface area contributed by atoms with Gasteiger partial charge >= 0.3 is 0 Å². The molecule has 0 spiro atoms. The second-order valence-electron chi connectivity index (χ2n) is 9.25. The molecule has 1 aromatic heterocycles. The molecule has 1 unspecified atom stereocenters. The van der Waals surface area contributed by atoms with Crippen LogP contribution in [-0.4, -0.2) is 29.2 Å². The number of nitrogens with zero attached hydrogens (tertiary/aromatic N) is 2. The Morgan fingerprint density at radius 1 is 0.917 bits per heavy atom. The van der Waals surface area contributed by atoms with Gasteiger partial charge in [0.05, 0.1) is 36.4 Å². The molecule has 188 valence electrons. The van der Waals surface area contributed by atoms with Crippen molar-refractivity contribution in [3.8, 4) is 11.5 Å². The van der Waals surface area contributed by atoms with Crippen LogP contribution in [0.2, 0.25) is 0 Å². The lowest BCUT2D eigenvalue weighted by molar-refractivity contribution is 0.0934. The summed E-state index contributed by atoms with van der Waals surface area (Å²) in [7, 11) is 1.57. The third-order valence-corrected chi connectivity index (χ3v) is 6.35. The van der Waals surface area contributed by atoms with Crippen molar-refractivity contribution in [3.05, 3.63) is 89.7 Å². The minimum atomic E-state index is -0.274. The van der Waals surface area contributed by atoms with Crippen molar-refractivity contribution in [2.45, 2.75) is 52.1 Å². The molecule has 0 aliphatic carbocycles. The predicted octanol–water partition coefficient (Wildman–Crippen LogP) is 6.52. The molecule has 0 aliphatic rings. The lowest BCUT2D eigenvalue weighted by Gasteiger charge is -2.17. The number of aromatic nitrogens is 2. The molecule has 0 fully saturated rings. The number of amides is 1. The van der Waals surface area contributed by atoms with Crippen LogP contribution in [0, 0.1) is 0 Å². The largest absolute Gasteiger partial charge is 0.496 e. The molecule has 0 radical (unpaired) electrons.